The largest absolute Gasteiger partial charge is 0.416 e. The van der Waals surface area contributed by atoms with Crippen LogP contribution in [0, 0.1) is 0 Å². The zero-order chi connectivity index (χ0) is 16.2. The maximum absolute atomic E-state index is 12.9. The Labute approximate surface area is 127 Å². The molecule has 1 saturated heterocycles. The van der Waals surface area contributed by atoms with E-state index in [1.807, 2.05) is 7.05 Å². The molecule has 0 amide bonds. The van der Waals surface area contributed by atoms with Gasteiger partial charge in [0, 0.05) is 26.2 Å². The van der Waals surface area contributed by atoms with E-state index >= 15 is 0 Å². The molecule has 0 spiro atoms. The van der Waals surface area contributed by atoms with E-state index in [1.165, 1.54) is 18.2 Å². The van der Waals surface area contributed by atoms with E-state index < -0.39 is 17.8 Å². The summed E-state index contributed by atoms with van der Waals surface area (Å²) in [6.45, 7) is 2.83. The van der Waals surface area contributed by atoms with Gasteiger partial charge in [-0.05, 0) is 18.7 Å². The number of ether oxygens (including phenoxy) is 1. The highest BCUT2D eigenvalue weighted by Crippen LogP contribution is 2.34. The van der Waals surface area contributed by atoms with Crippen LogP contribution in [0.2, 0.25) is 0 Å². The van der Waals surface area contributed by atoms with Gasteiger partial charge in [-0.25, -0.2) is 0 Å². The number of aliphatic hydroxyl groups is 1. The summed E-state index contributed by atoms with van der Waals surface area (Å²) in [4.78, 5) is 2.13. The van der Waals surface area contributed by atoms with Crippen LogP contribution in [0.15, 0.2) is 24.3 Å². The molecule has 0 saturated carbocycles. The second-order valence-electron chi connectivity index (χ2n) is 5.51. The molecule has 0 aliphatic carbocycles. The molecule has 1 fully saturated rings. The molecule has 0 radical (unpaired) electrons. The number of nitrogens with zero attached hydrogens (tertiary/aromatic N) is 1. The van der Waals surface area contributed by atoms with Crippen molar-refractivity contribution in [3.05, 3.63) is 35.4 Å². The van der Waals surface area contributed by atoms with Gasteiger partial charge in [0.15, 0.2) is 0 Å². The Morgan fingerprint density at radius 1 is 1.41 bits per heavy atom. The summed E-state index contributed by atoms with van der Waals surface area (Å²) < 4.78 is 44.3. The van der Waals surface area contributed by atoms with Gasteiger partial charge in [0.05, 0.1) is 24.4 Å². The molecular weight excluding hydrogens is 297 g/mol. The van der Waals surface area contributed by atoms with Crippen LogP contribution in [-0.4, -0.2) is 55.9 Å². The smallest absolute Gasteiger partial charge is 0.387 e. The molecule has 2 N–H and O–H groups in total. The molecule has 124 valence electrons. The van der Waals surface area contributed by atoms with Crippen molar-refractivity contribution >= 4 is 0 Å². The Kier molecular flexibility index (Phi) is 5.80. The normalized spacial score (nSPS) is 21.8. The van der Waals surface area contributed by atoms with Crippen LogP contribution >= 0.6 is 0 Å². The van der Waals surface area contributed by atoms with Gasteiger partial charge in [-0.3, -0.25) is 0 Å². The van der Waals surface area contributed by atoms with Crippen molar-refractivity contribution < 1.29 is 23.0 Å². The van der Waals surface area contributed by atoms with E-state index in [-0.39, 0.29) is 18.2 Å². The number of benzene rings is 1. The monoisotopic (exact) mass is 318 g/mol. The molecule has 1 heterocycles. The zero-order valence-electron chi connectivity index (χ0n) is 12.4. The Morgan fingerprint density at radius 3 is 2.82 bits per heavy atom. The molecule has 1 aliphatic rings. The number of likely N-dealkylation sites (N-methyl/N-ethyl adjacent to an activating group) is 1. The molecule has 0 unspecified atom stereocenters. The van der Waals surface area contributed by atoms with Crippen molar-refractivity contribution in [1.29, 1.82) is 0 Å². The van der Waals surface area contributed by atoms with Gasteiger partial charge in [-0.2, -0.15) is 13.2 Å². The number of alkyl halides is 3. The van der Waals surface area contributed by atoms with Crippen LogP contribution in [-0.2, 0) is 10.9 Å². The van der Waals surface area contributed by atoms with E-state index in [9.17, 15) is 18.3 Å². The first kappa shape index (κ1) is 17.2. The first-order valence-electron chi connectivity index (χ1n) is 7.23. The van der Waals surface area contributed by atoms with E-state index in [1.54, 1.807) is 0 Å². The molecule has 0 aromatic heterocycles. The third-order valence-electron chi connectivity index (χ3n) is 3.68. The predicted octanol–water partition coefficient (Wildman–Crippen LogP) is 1.66. The number of morpholine rings is 1. The minimum absolute atomic E-state index is 0.0104. The summed E-state index contributed by atoms with van der Waals surface area (Å²) in [7, 11) is 1.99. The van der Waals surface area contributed by atoms with Gasteiger partial charge in [0.2, 0.25) is 0 Å². The first-order valence-corrected chi connectivity index (χ1v) is 7.23. The molecule has 7 heteroatoms. The number of hydrogen-bond donors (Lipinski definition) is 2. The third kappa shape index (κ3) is 4.67. The van der Waals surface area contributed by atoms with Crippen molar-refractivity contribution in [3.8, 4) is 0 Å². The third-order valence-corrected chi connectivity index (χ3v) is 3.68. The van der Waals surface area contributed by atoms with Crippen LogP contribution in [0.3, 0.4) is 0 Å². The van der Waals surface area contributed by atoms with Gasteiger partial charge in [-0.1, -0.05) is 18.2 Å². The number of rotatable bonds is 5. The summed E-state index contributed by atoms with van der Waals surface area (Å²) in [6, 6.07) is 5.10. The average molecular weight is 318 g/mol. The Hall–Kier alpha value is -1.15. The number of hydrogen-bond acceptors (Lipinski definition) is 4. The van der Waals surface area contributed by atoms with Gasteiger partial charge in [0.25, 0.3) is 0 Å². The molecular formula is C15H21F3N2O2. The quantitative estimate of drug-likeness (QED) is 0.867. The predicted molar refractivity (Wildman–Crippen MR) is 76.5 cm³/mol. The molecule has 2 rings (SSSR count). The summed E-state index contributed by atoms with van der Waals surface area (Å²) in [5.74, 6) is 0. The van der Waals surface area contributed by atoms with E-state index in [0.717, 1.165) is 19.2 Å². The minimum Gasteiger partial charge on any atom is -0.387 e. The van der Waals surface area contributed by atoms with E-state index in [4.69, 9.17) is 4.74 Å². The van der Waals surface area contributed by atoms with Crippen molar-refractivity contribution in [2.45, 2.75) is 18.4 Å². The maximum Gasteiger partial charge on any atom is 0.416 e. The lowest BCUT2D eigenvalue weighted by atomic mass is 10.0. The fourth-order valence-electron chi connectivity index (χ4n) is 2.53. The average Bonchev–Trinajstić information content (AvgIpc) is 2.46. The SMILES string of the molecule is CN1CCO[C@H](CNC[C@@H](O)c2ccccc2C(F)(F)F)C1. The molecule has 1 aromatic carbocycles. The Balaban J connectivity index is 1.89. The molecule has 22 heavy (non-hydrogen) atoms. The number of halogens is 3. The molecule has 1 aromatic rings. The van der Waals surface area contributed by atoms with Crippen LogP contribution in [0.4, 0.5) is 13.2 Å². The lowest BCUT2D eigenvalue weighted by molar-refractivity contribution is -0.139. The van der Waals surface area contributed by atoms with Crippen LogP contribution in [0.25, 0.3) is 0 Å². The molecule has 2 atom stereocenters. The van der Waals surface area contributed by atoms with Crippen LogP contribution < -0.4 is 5.32 Å². The standard InChI is InChI=1S/C15H21F3N2O2/c1-20-6-7-22-11(10-20)8-19-9-14(21)12-4-2-3-5-13(12)15(16,17)18/h2-5,11,14,19,21H,6-10H2,1H3/t11-,14-/m1/s1. The van der Waals surface area contributed by atoms with Crippen molar-refractivity contribution in [3.63, 3.8) is 0 Å². The zero-order valence-corrected chi connectivity index (χ0v) is 12.4. The van der Waals surface area contributed by atoms with Crippen molar-refractivity contribution in [2.24, 2.45) is 0 Å². The minimum atomic E-state index is -4.47. The van der Waals surface area contributed by atoms with Gasteiger partial charge in [0.1, 0.15) is 0 Å². The van der Waals surface area contributed by atoms with Crippen molar-refractivity contribution in [1.82, 2.24) is 10.2 Å². The van der Waals surface area contributed by atoms with Gasteiger partial charge in [-0.15, -0.1) is 0 Å². The Bertz CT molecular complexity index is 482. The summed E-state index contributed by atoms with van der Waals surface area (Å²) >= 11 is 0. The maximum atomic E-state index is 12.9. The molecule has 0 bridgehead atoms. The highest BCUT2D eigenvalue weighted by molar-refractivity contribution is 5.31. The number of aliphatic hydroxyl groups excluding tert-OH is 1. The highest BCUT2D eigenvalue weighted by atomic mass is 19.4. The fraction of sp³-hybridized carbons (Fsp3) is 0.600. The summed E-state index contributed by atoms with van der Waals surface area (Å²) in [6.07, 6.45) is -5.68. The second-order valence-corrected chi connectivity index (χ2v) is 5.51. The van der Waals surface area contributed by atoms with E-state index in [0.29, 0.717) is 13.2 Å². The lowest BCUT2D eigenvalue weighted by Gasteiger charge is -2.30. The Morgan fingerprint density at radius 2 is 2.14 bits per heavy atom. The topological polar surface area (TPSA) is 44.7 Å². The highest BCUT2D eigenvalue weighted by Gasteiger charge is 2.34. The van der Waals surface area contributed by atoms with Gasteiger partial charge < -0.3 is 20.1 Å². The van der Waals surface area contributed by atoms with Crippen molar-refractivity contribution in [2.75, 3.05) is 39.8 Å². The number of nitrogens with one attached hydrogen (secondary N) is 1. The second kappa shape index (κ2) is 7.41. The summed E-state index contributed by atoms with van der Waals surface area (Å²) in [5.41, 5.74) is -0.901. The molecule has 1 aliphatic heterocycles. The van der Waals surface area contributed by atoms with Gasteiger partial charge >= 0.3 is 6.18 Å². The lowest BCUT2D eigenvalue weighted by Crippen LogP contribution is -2.45. The fourth-order valence-corrected chi connectivity index (χ4v) is 2.53. The van der Waals surface area contributed by atoms with E-state index in [2.05, 4.69) is 10.2 Å². The first-order chi connectivity index (χ1) is 10.4. The molecule has 4 nitrogen and oxygen atoms in total. The summed E-state index contributed by atoms with van der Waals surface area (Å²) in [5, 5.41) is 13.0. The van der Waals surface area contributed by atoms with Crippen LogP contribution in [0.1, 0.15) is 17.2 Å². The van der Waals surface area contributed by atoms with Crippen LogP contribution in [0.5, 0.6) is 0 Å².